The second-order valence-corrected chi connectivity index (χ2v) is 6.10. The molecule has 0 unspecified atom stereocenters. The standard InChI is InChI=1S/C20H34O4/c1-2-3-4-5-6-9-13-18(21)14-10-7-8-11-15-19(22)16-12-17-20(23)24/h6-9,11,15,18-19,21-22H,2-5,10,12-14,16-17H2,1H3,(H,23,24)/t18-,19-/m1/s1. The first-order chi connectivity index (χ1) is 11.6. The maximum atomic E-state index is 10.4. The monoisotopic (exact) mass is 338 g/mol. The normalized spacial score (nSPS) is 14.8. The first-order valence-electron chi connectivity index (χ1n) is 9.12. The molecule has 0 amide bonds. The summed E-state index contributed by atoms with van der Waals surface area (Å²) in [6.45, 7) is 2.19. The van der Waals surface area contributed by atoms with Crippen LogP contribution in [0.15, 0.2) is 36.5 Å². The van der Waals surface area contributed by atoms with Crippen molar-refractivity contribution in [2.24, 2.45) is 0 Å². The van der Waals surface area contributed by atoms with Gasteiger partial charge in [0.2, 0.25) is 0 Å². The first-order valence-corrected chi connectivity index (χ1v) is 9.12. The number of carbonyl (C=O) groups is 1. The molecule has 0 fully saturated rings. The van der Waals surface area contributed by atoms with Crippen molar-refractivity contribution in [3.63, 3.8) is 0 Å². The van der Waals surface area contributed by atoms with Gasteiger partial charge in [0, 0.05) is 6.42 Å². The lowest BCUT2D eigenvalue weighted by molar-refractivity contribution is -0.137. The third-order valence-corrected chi connectivity index (χ3v) is 3.69. The van der Waals surface area contributed by atoms with Gasteiger partial charge in [-0.05, 0) is 44.9 Å². The van der Waals surface area contributed by atoms with E-state index in [0.29, 0.717) is 19.3 Å². The minimum absolute atomic E-state index is 0.0890. The van der Waals surface area contributed by atoms with E-state index in [2.05, 4.69) is 19.1 Å². The maximum absolute atomic E-state index is 10.4. The van der Waals surface area contributed by atoms with Gasteiger partial charge in [-0.2, -0.15) is 0 Å². The van der Waals surface area contributed by atoms with Crippen molar-refractivity contribution in [1.82, 2.24) is 0 Å². The van der Waals surface area contributed by atoms with Crippen molar-refractivity contribution in [3.8, 4) is 0 Å². The van der Waals surface area contributed by atoms with Gasteiger partial charge in [0.05, 0.1) is 12.2 Å². The molecule has 0 aliphatic heterocycles. The highest BCUT2D eigenvalue weighted by Gasteiger charge is 2.01. The molecule has 0 aromatic heterocycles. The van der Waals surface area contributed by atoms with Crippen LogP contribution < -0.4 is 0 Å². The Morgan fingerprint density at radius 1 is 0.958 bits per heavy atom. The number of aliphatic hydroxyl groups excluding tert-OH is 2. The molecular formula is C20H34O4. The second kappa shape index (κ2) is 16.5. The predicted octanol–water partition coefficient (Wildman–Crippen LogP) is 4.38. The van der Waals surface area contributed by atoms with E-state index < -0.39 is 12.1 Å². The molecule has 0 aliphatic rings. The summed E-state index contributed by atoms with van der Waals surface area (Å²) in [5.41, 5.74) is 0. The Morgan fingerprint density at radius 3 is 2.46 bits per heavy atom. The van der Waals surface area contributed by atoms with Crippen molar-refractivity contribution >= 4 is 5.97 Å². The van der Waals surface area contributed by atoms with Gasteiger partial charge in [-0.25, -0.2) is 0 Å². The summed E-state index contributed by atoms with van der Waals surface area (Å²) >= 11 is 0. The zero-order valence-electron chi connectivity index (χ0n) is 14.9. The van der Waals surface area contributed by atoms with Crippen LogP contribution in [0.3, 0.4) is 0 Å². The van der Waals surface area contributed by atoms with E-state index in [0.717, 1.165) is 19.3 Å². The zero-order valence-corrected chi connectivity index (χ0v) is 14.9. The van der Waals surface area contributed by atoms with Gasteiger partial charge in [0.25, 0.3) is 0 Å². The first kappa shape index (κ1) is 22.6. The van der Waals surface area contributed by atoms with Crippen molar-refractivity contribution < 1.29 is 20.1 Å². The van der Waals surface area contributed by atoms with Crippen molar-refractivity contribution in [2.75, 3.05) is 0 Å². The van der Waals surface area contributed by atoms with E-state index in [9.17, 15) is 15.0 Å². The van der Waals surface area contributed by atoms with Gasteiger partial charge in [-0.3, -0.25) is 4.79 Å². The van der Waals surface area contributed by atoms with Crippen LogP contribution in [0.5, 0.6) is 0 Å². The minimum Gasteiger partial charge on any atom is -0.481 e. The lowest BCUT2D eigenvalue weighted by atomic mass is 10.1. The zero-order chi connectivity index (χ0) is 18.0. The molecule has 0 saturated heterocycles. The quantitative estimate of drug-likeness (QED) is 0.235. The number of aliphatic hydroxyl groups is 2. The number of aliphatic carboxylic acids is 1. The van der Waals surface area contributed by atoms with Crippen LogP contribution in [-0.4, -0.2) is 33.5 Å². The van der Waals surface area contributed by atoms with Crippen LogP contribution in [-0.2, 0) is 4.79 Å². The Kier molecular flexibility index (Phi) is 15.5. The van der Waals surface area contributed by atoms with E-state index >= 15 is 0 Å². The summed E-state index contributed by atoms with van der Waals surface area (Å²) in [6, 6.07) is 0. The van der Waals surface area contributed by atoms with E-state index in [-0.39, 0.29) is 12.5 Å². The van der Waals surface area contributed by atoms with E-state index in [1.165, 1.54) is 19.3 Å². The van der Waals surface area contributed by atoms with Crippen molar-refractivity contribution in [1.29, 1.82) is 0 Å². The molecule has 0 aromatic rings. The maximum Gasteiger partial charge on any atom is 0.303 e. The van der Waals surface area contributed by atoms with Crippen LogP contribution in [0.1, 0.15) is 71.1 Å². The third kappa shape index (κ3) is 17.0. The Labute approximate surface area is 146 Å². The number of hydrogen-bond donors (Lipinski definition) is 3. The van der Waals surface area contributed by atoms with Crippen LogP contribution in [0.25, 0.3) is 0 Å². The molecule has 0 heterocycles. The van der Waals surface area contributed by atoms with Crippen molar-refractivity contribution in [3.05, 3.63) is 36.5 Å². The fourth-order valence-electron chi connectivity index (χ4n) is 2.22. The molecule has 0 aliphatic carbocycles. The number of unbranched alkanes of at least 4 members (excludes halogenated alkanes) is 3. The Hall–Kier alpha value is -1.39. The van der Waals surface area contributed by atoms with Crippen LogP contribution in [0, 0.1) is 0 Å². The molecule has 0 bridgehead atoms. The average molecular weight is 338 g/mol. The molecule has 0 rings (SSSR count). The highest BCUT2D eigenvalue weighted by Crippen LogP contribution is 2.06. The summed E-state index contributed by atoms with van der Waals surface area (Å²) in [5, 5.41) is 28.0. The number of carboxylic acids is 1. The SMILES string of the molecule is CCCCCC=CC[C@@H](O)CCC=CC=C[C@@H](O)CCCC(=O)O. The van der Waals surface area contributed by atoms with E-state index in [1.54, 1.807) is 12.2 Å². The molecular weight excluding hydrogens is 304 g/mol. The Morgan fingerprint density at radius 2 is 1.75 bits per heavy atom. The summed E-state index contributed by atoms with van der Waals surface area (Å²) in [7, 11) is 0. The largest absolute Gasteiger partial charge is 0.481 e. The summed E-state index contributed by atoms with van der Waals surface area (Å²) < 4.78 is 0. The van der Waals surface area contributed by atoms with Gasteiger partial charge in [-0.1, -0.05) is 56.2 Å². The minimum atomic E-state index is -0.833. The molecule has 0 spiro atoms. The molecule has 4 nitrogen and oxygen atoms in total. The number of carboxylic acid groups (broad SMARTS) is 1. The predicted molar refractivity (Wildman–Crippen MR) is 98.9 cm³/mol. The molecule has 3 N–H and O–H groups in total. The van der Waals surface area contributed by atoms with Crippen molar-refractivity contribution in [2.45, 2.75) is 83.3 Å². The fraction of sp³-hybridized carbons (Fsp3) is 0.650. The molecule has 0 aromatic carbocycles. The second-order valence-electron chi connectivity index (χ2n) is 6.10. The fourth-order valence-corrected chi connectivity index (χ4v) is 2.22. The van der Waals surface area contributed by atoms with Gasteiger partial charge in [0.15, 0.2) is 0 Å². The lowest BCUT2D eigenvalue weighted by Crippen LogP contribution is -2.04. The van der Waals surface area contributed by atoms with E-state index in [4.69, 9.17) is 5.11 Å². The van der Waals surface area contributed by atoms with Crippen LogP contribution >= 0.6 is 0 Å². The number of rotatable bonds is 15. The average Bonchev–Trinajstić information content (AvgIpc) is 2.53. The van der Waals surface area contributed by atoms with Crippen LogP contribution in [0.4, 0.5) is 0 Å². The molecule has 2 atom stereocenters. The number of hydrogen-bond acceptors (Lipinski definition) is 3. The molecule has 0 radical (unpaired) electrons. The summed E-state index contributed by atoms with van der Waals surface area (Å²) in [4.78, 5) is 10.4. The van der Waals surface area contributed by atoms with Crippen LogP contribution in [0.2, 0.25) is 0 Å². The Balaban J connectivity index is 3.65. The topological polar surface area (TPSA) is 77.8 Å². The highest BCUT2D eigenvalue weighted by molar-refractivity contribution is 5.66. The van der Waals surface area contributed by atoms with E-state index in [1.807, 2.05) is 12.2 Å². The third-order valence-electron chi connectivity index (χ3n) is 3.69. The summed E-state index contributed by atoms with van der Waals surface area (Å²) in [6.07, 6.45) is 18.6. The van der Waals surface area contributed by atoms with Gasteiger partial charge >= 0.3 is 5.97 Å². The molecule has 24 heavy (non-hydrogen) atoms. The molecule has 4 heteroatoms. The summed E-state index contributed by atoms with van der Waals surface area (Å²) in [5.74, 6) is -0.833. The highest BCUT2D eigenvalue weighted by atomic mass is 16.4. The Bertz CT molecular complexity index is 385. The smallest absolute Gasteiger partial charge is 0.303 e. The van der Waals surface area contributed by atoms with Gasteiger partial charge in [-0.15, -0.1) is 0 Å². The van der Waals surface area contributed by atoms with Gasteiger partial charge in [0.1, 0.15) is 0 Å². The number of allylic oxidation sites excluding steroid dienone is 4. The molecule has 0 saturated carbocycles. The lowest BCUT2D eigenvalue weighted by Gasteiger charge is -2.05. The van der Waals surface area contributed by atoms with Gasteiger partial charge < -0.3 is 15.3 Å². The molecule has 138 valence electrons.